The molecule has 1 aromatic heterocycles. The zero-order valence-electron chi connectivity index (χ0n) is 8.91. The minimum absolute atomic E-state index is 0. The fraction of sp³-hybridized carbons (Fsp3) is 0.125. The zero-order valence-corrected chi connectivity index (χ0v) is 12.5. The van der Waals surface area contributed by atoms with Gasteiger partial charge in [-0.3, -0.25) is 4.98 Å². The first kappa shape index (κ1) is 25.5. The van der Waals surface area contributed by atoms with Gasteiger partial charge in [0.15, 0.2) is 0 Å². The van der Waals surface area contributed by atoms with Gasteiger partial charge in [-0.1, -0.05) is 0 Å². The molecule has 0 aliphatic carbocycles. The van der Waals surface area contributed by atoms with E-state index in [1.165, 1.54) is 18.5 Å². The number of hydrogen-bond acceptors (Lipinski definition) is 4. The monoisotopic (exact) mass is 293 g/mol. The Kier molecular flexibility index (Phi) is 23.4. The van der Waals surface area contributed by atoms with Crippen LogP contribution in [0.3, 0.4) is 0 Å². The van der Waals surface area contributed by atoms with Crippen molar-refractivity contribution in [1.29, 1.82) is 0 Å². The first-order chi connectivity index (χ1) is 6.57. The van der Waals surface area contributed by atoms with Gasteiger partial charge in [-0.2, -0.15) is 0 Å². The van der Waals surface area contributed by atoms with E-state index >= 15 is 0 Å². The van der Waals surface area contributed by atoms with Crippen LogP contribution in [-0.2, 0) is 4.79 Å². The van der Waals surface area contributed by atoms with Gasteiger partial charge >= 0.3 is 41.5 Å². The summed E-state index contributed by atoms with van der Waals surface area (Å²) in [6.07, 6.45) is 2.84. The van der Waals surface area contributed by atoms with Crippen LogP contribution in [0.15, 0.2) is 24.5 Å². The molecule has 0 radical (unpaired) electrons. The quantitative estimate of drug-likeness (QED) is 0.469. The van der Waals surface area contributed by atoms with Gasteiger partial charge in [0, 0.05) is 12.4 Å². The number of aromatic carboxylic acids is 1. The predicted molar refractivity (Wildman–Crippen MR) is 53.2 cm³/mol. The van der Waals surface area contributed by atoms with Gasteiger partial charge < -0.3 is 27.7 Å². The minimum atomic E-state index is -1.19. The number of aromatic nitrogens is 1. The van der Waals surface area contributed by atoms with Crippen LogP contribution >= 0.6 is 12.4 Å². The van der Waals surface area contributed by atoms with Crippen LogP contribution in [0, 0.1) is 0 Å². The van der Waals surface area contributed by atoms with Crippen LogP contribution < -0.4 is 42.0 Å². The number of hydrogen-bond donors (Lipinski definition) is 3. The van der Waals surface area contributed by atoms with E-state index in [4.69, 9.17) is 20.1 Å². The molecule has 0 aromatic carbocycles. The summed E-state index contributed by atoms with van der Waals surface area (Å²) in [6, 6.07) is 3.08. The Morgan fingerprint density at radius 3 is 1.94 bits per heavy atom. The van der Waals surface area contributed by atoms with E-state index < -0.39 is 18.5 Å². The average Bonchev–Trinajstić information content (AvgIpc) is 2.20. The van der Waals surface area contributed by atoms with Crippen molar-refractivity contribution >= 4 is 24.3 Å². The molecule has 1 rings (SSSR count). The summed E-state index contributed by atoms with van der Waals surface area (Å²) in [6.45, 7) is -0.778. The molecule has 0 bridgehead atoms. The molecule has 0 atom stereocenters. The zero-order chi connectivity index (χ0) is 11.0. The van der Waals surface area contributed by atoms with Crippen molar-refractivity contribution in [3.05, 3.63) is 30.1 Å². The molecule has 0 saturated carbocycles. The van der Waals surface area contributed by atoms with Crippen LogP contribution in [-0.4, -0.2) is 38.8 Å². The number of aliphatic hydroxyl groups is 1. The smallest absolute Gasteiger partial charge is 1.00 e. The fourth-order valence-corrected chi connectivity index (χ4v) is 0.489. The van der Waals surface area contributed by atoms with Gasteiger partial charge in [0.25, 0.3) is 0 Å². The van der Waals surface area contributed by atoms with E-state index in [1.54, 1.807) is 6.07 Å². The van der Waals surface area contributed by atoms with Gasteiger partial charge in [0.05, 0.1) is 5.56 Å². The van der Waals surface area contributed by atoms with E-state index in [0.717, 1.165) is 0 Å². The third-order valence-electron chi connectivity index (χ3n) is 1.04. The van der Waals surface area contributed by atoms with Crippen molar-refractivity contribution in [2.45, 2.75) is 0 Å². The third kappa shape index (κ3) is 15.6. The van der Waals surface area contributed by atoms with Crippen LogP contribution in [0.25, 0.3) is 0 Å². The van der Waals surface area contributed by atoms with E-state index in [-0.39, 0.29) is 59.9 Å². The van der Waals surface area contributed by atoms with Gasteiger partial charge in [0.2, 0.25) is 0 Å². The van der Waals surface area contributed by atoms with E-state index in [2.05, 4.69) is 4.98 Å². The van der Waals surface area contributed by atoms with Gasteiger partial charge in [-0.15, -0.1) is 12.4 Å². The molecule has 0 aliphatic heterocycles. The number of halogens is 2. The molecule has 1 heterocycles. The third-order valence-corrected chi connectivity index (χ3v) is 1.04. The molecule has 0 amide bonds. The van der Waals surface area contributed by atoms with Crippen molar-refractivity contribution in [1.82, 2.24) is 4.98 Å². The second kappa shape index (κ2) is 15.6. The molecule has 0 aliphatic rings. The summed E-state index contributed by atoms with van der Waals surface area (Å²) in [7, 11) is 0. The Morgan fingerprint density at radius 1 is 1.29 bits per heavy atom. The second-order valence-corrected chi connectivity index (χ2v) is 2.10. The molecule has 6 nitrogen and oxygen atoms in total. The molecular weight excluding hydrogens is 284 g/mol. The van der Waals surface area contributed by atoms with Crippen LogP contribution in [0.5, 0.6) is 0 Å². The molecule has 9 heteroatoms. The van der Waals surface area contributed by atoms with Crippen LogP contribution in [0.1, 0.15) is 10.4 Å². The van der Waals surface area contributed by atoms with E-state index in [0.29, 0.717) is 0 Å². The number of carboxylic acids is 2. The summed E-state index contributed by atoms with van der Waals surface area (Å²) in [5, 5.41) is 23.4. The molecule has 0 spiro atoms. The Hall–Kier alpha value is -0.370. The van der Waals surface area contributed by atoms with Crippen molar-refractivity contribution in [2.75, 3.05) is 6.61 Å². The number of aliphatic carboxylic acids is 1. The maximum atomic E-state index is 10.2. The first-order valence-electron chi connectivity index (χ1n) is 3.54. The minimum Gasteiger partial charge on any atom is -1.00 e. The number of aliphatic hydroxyl groups excluding tert-OH is 1. The number of pyridine rings is 1. The molecule has 0 unspecified atom stereocenters. The number of carbonyl (C=O) groups is 2. The Balaban J connectivity index is -0.0000000948. The fourth-order valence-electron chi connectivity index (χ4n) is 0.489. The van der Waals surface area contributed by atoms with Crippen molar-refractivity contribution < 1.29 is 66.9 Å². The molecule has 1 aromatic rings. The Labute approximate surface area is 132 Å². The first-order valence-corrected chi connectivity index (χ1v) is 3.54. The second-order valence-electron chi connectivity index (χ2n) is 2.10. The molecular formula is C8H10Cl2NNaO5. The largest absolute Gasteiger partial charge is 1.00 e. The van der Waals surface area contributed by atoms with Crippen LogP contribution in [0.4, 0.5) is 0 Å². The predicted octanol–water partition coefficient (Wildman–Crippen LogP) is -5.73. The van der Waals surface area contributed by atoms with Gasteiger partial charge in [0.1, 0.15) is 6.61 Å². The molecule has 0 saturated heterocycles. The number of carboxylic acid groups (broad SMARTS) is 2. The Bertz CT molecular complexity index is 312. The SMILES string of the molecule is Cl.O=C(O)CO.O=C(O)c1cccnc1.[Cl-].[Na+]. The normalized spacial score (nSPS) is 6.88. The van der Waals surface area contributed by atoms with E-state index in [1.807, 2.05) is 0 Å². The molecule has 0 fully saturated rings. The van der Waals surface area contributed by atoms with Gasteiger partial charge in [-0.25, -0.2) is 9.59 Å². The van der Waals surface area contributed by atoms with Crippen molar-refractivity contribution in [3.63, 3.8) is 0 Å². The molecule has 3 N–H and O–H groups in total. The summed E-state index contributed by atoms with van der Waals surface area (Å²) in [5.74, 6) is -2.13. The van der Waals surface area contributed by atoms with E-state index in [9.17, 15) is 4.79 Å². The summed E-state index contributed by atoms with van der Waals surface area (Å²) in [5.41, 5.74) is 0.220. The average molecular weight is 294 g/mol. The summed E-state index contributed by atoms with van der Waals surface area (Å²) < 4.78 is 0. The summed E-state index contributed by atoms with van der Waals surface area (Å²) >= 11 is 0. The Morgan fingerprint density at radius 2 is 1.76 bits per heavy atom. The topological polar surface area (TPSA) is 108 Å². The van der Waals surface area contributed by atoms with Crippen LogP contribution in [0.2, 0.25) is 0 Å². The van der Waals surface area contributed by atoms with Crippen molar-refractivity contribution in [2.24, 2.45) is 0 Å². The standard InChI is InChI=1S/C6H5NO2.C2H4O3.2ClH.Na/c8-6(9)5-2-1-3-7-4-5;3-1-2(4)5;;;/h1-4H,(H,8,9);3H,1H2,(H,4,5);2*1H;/q;;;;+1/p-1. The maximum absolute atomic E-state index is 10.2. The molecule has 92 valence electrons. The maximum Gasteiger partial charge on any atom is 1.00 e. The summed E-state index contributed by atoms with van der Waals surface area (Å²) in [4.78, 5) is 22.9. The number of rotatable bonds is 2. The van der Waals surface area contributed by atoms with Crippen molar-refractivity contribution in [3.8, 4) is 0 Å². The van der Waals surface area contributed by atoms with Gasteiger partial charge in [-0.05, 0) is 12.1 Å². The number of nitrogens with zero attached hydrogens (tertiary/aromatic N) is 1. The molecule has 17 heavy (non-hydrogen) atoms.